The van der Waals surface area contributed by atoms with E-state index >= 15 is 0 Å². The Hall–Kier alpha value is -2.21. The van der Waals surface area contributed by atoms with Gasteiger partial charge in [0, 0.05) is 39.1 Å². The quantitative estimate of drug-likeness (QED) is 0.582. The molecule has 1 saturated heterocycles. The lowest BCUT2D eigenvalue weighted by molar-refractivity contribution is -0.132. The van der Waals surface area contributed by atoms with Gasteiger partial charge in [-0.1, -0.05) is 18.6 Å². The Balaban J connectivity index is 1.37. The molecule has 0 N–H and O–H groups in total. The third-order valence-electron chi connectivity index (χ3n) is 5.01. The van der Waals surface area contributed by atoms with Crippen LogP contribution in [0, 0.1) is 0 Å². The second-order valence-corrected chi connectivity index (χ2v) is 6.80. The van der Waals surface area contributed by atoms with Crippen LogP contribution in [-0.4, -0.2) is 72.2 Å². The number of hydrogen-bond donors (Lipinski definition) is 0. The lowest BCUT2D eigenvalue weighted by atomic mass is 10.1. The second kappa shape index (κ2) is 7.78. The number of likely N-dealkylation sites (N-methyl/N-ethyl adjacent to an activating group) is 1. The number of rotatable bonds is 6. The zero-order valence-corrected chi connectivity index (χ0v) is 14.7. The number of carbonyl (C=O) groups excluding carboxylic acids is 3. The van der Waals surface area contributed by atoms with Crippen LogP contribution in [0.3, 0.4) is 0 Å². The third-order valence-corrected chi connectivity index (χ3v) is 5.01. The molecule has 1 fully saturated rings. The lowest BCUT2D eigenvalue weighted by Gasteiger charge is -2.32. The fraction of sp³-hybridized carbons (Fsp3) is 0.526. The van der Waals surface area contributed by atoms with Crippen molar-refractivity contribution in [2.75, 3.05) is 39.8 Å². The molecule has 0 bridgehead atoms. The number of carbonyl (C=O) groups is 3. The molecule has 25 heavy (non-hydrogen) atoms. The first-order valence-corrected chi connectivity index (χ1v) is 8.99. The highest BCUT2D eigenvalue weighted by Gasteiger charge is 2.34. The number of imide groups is 1. The van der Waals surface area contributed by atoms with E-state index in [0.717, 1.165) is 45.4 Å². The molecule has 0 unspecified atom stereocenters. The maximum Gasteiger partial charge on any atom is 0.261 e. The van der Waals surface area contributed by atoms with Crippen molar-refractivity contribution < 1.29 is 14.4 Å². The summed E-state index contributed by atoms with van der Waals surface area (Å²) in [6.45, 7) is 3.92. The van der Waals surface area contributed by atoms with Gasteiger partial charge in [-0.05, 0) is 32.0 Å². The van der Waals surface area contributed by atoms with Crippen molar-refractivity contribution >= 4 is 17.7 Å². The third kappa shape index (κ3) is 3.90. The van der Waals surface area contributed by atoms with E-state index in [-0.39, 0.29) is 17.7 Å². The van der Waals surface area contributed by atoms with Gasteiger partial charge in [-0.2, -0.15) is 0 Å². The summed E-state index contributed by atoms with van der Waals surface area (Å²) in [5.74, 6) is -0.183. The van der Waals surface area contributed by atoms with Gasteiger partial charge in [-0.15, -0.1) is 0 Å². The number of unbranched alkanes of at least 4 members (excludes halogenated alkanes) is 2. The second-order valence-electron chi connectivity index (χ2n) is 6.80. The van der Waals surface area contributed by atoms with Gasteiger partial charge in [0.1, 0.15) is 0 Å². The van der Waals surface area contributed by atoms with Gasteiger partial charge in [0.2, 0.25) is 5.91 Å². The zero-order chi connectivity index (χ0) is 17.8. The van der Waals surface area contributed by atoms with Crippen LogP contribution in [0.1, 0.15) is 46.4 Å². The maximum atomic E-state index is 12.3. The highest BCUT2D eigenvalue weighted by molar-refractivity contribution is 6.21. The summed E-state index contributed by atoms with van der Waals surface area (Å²) in [6, 6.07) is 6.95. The van der Waals surface area contributed by atoms with Crippen LogP contribution in [0.2, 0.25) is 0 Å². The Morgan fingerprint density at radius 1 is 0.920 bits per heavy atom. The number of piperazine rings is 1. The molecule has 6 nitrogen and oxygen atoms in total. The van der Waals surface area contributed by atoms with Crippen LogP contribution in [0.4, 0.5) is 0 Å². The summed E-state index contributed by atoms with van der Waals surface area (Å²) in [5, 5.41) is 0. The molecule has 0 aromatic heterocycles. The molecule has 0 aliphatic carbocycles. The van der Waals surface area contributed by atoms with Gasteiger partial charge in [0.25, 0.3) is 11.8 Å². The molecular weight excluding hydrogens is 318 g/mol. The summed E-state index contributed by atoms with van der Waals surface area (Å²) >= 11 is 0. The van der Waals surface area contributed by atoms with Crippen LogP contribution in [0.15, 0.2) is 24.3 Å². The van der Waals surface area contributed by atoms with Gasteiger partial charge in [0.15, 0.2) is 0 Å². The van der Waals surface area contributed by atoms with Gasteiger partial charge in [0.05, 0.1) is 11.1 Å². The Morgan fingerprint density at radius 3 is 2.12 bits per heavy atom. The van der Waals surface area contributed by atoms with Gasteiger partial charge >= 0.3 is 0 Å². The molecule has 2 aliphatic rings. The minimum Gasteiger partial charge on any atom is -0.340 e. The zero-order valence-electron chi connectivity index (χ0n) is 14.7. The molecule has 1 aromatic rings. The average molecular weight is 343 g/mol. The molecule has 3 rings (SSSR count). The normalized spacial score (nSPS) is 18.0. The molecule has 0 radical (unpaired) electrons. The number of benzene rings is 1. The monoisotopic (exact) mass is 343 g/mol. The van der Waals surface area contributed by atoms with Crippen LogP contribution >= 0.6 is 0 Å². The van der Waals surface area contributed by atoms with E-state index in [1.807, 2.05) is 4.90 Å². The van der Waals surface area contributed by atoms with Crippen molar-refractivity contribution in [2.24, 2.45) is 0 Å². The largest absolute Gasteiger partial charge is 0.340 e. The van der Waals surface area contributed by atoms with Gasteiger partial charge in [-0.3, -0.25) is 19.3 Å². The lowest BCUT2D eigenvalue weighted by Crippen LogP contribution is -2.47. The van der Waals surface area contributed by atoms with E-state index < -0.39 is 0 Å². The van der Waals surface area contributed by atoms with Crippen LogP contribution in [0.25, 0.3) is 0 Å². The molecule has 0 spiro atoms. The van der Waals surface area contributed by atoms with E-state index in [2.05, 4.69) is 11.9 Å². The molecule has 0 atom stereocenters. The summed E-state index contributed by atoms with van der Waals surface area (Å²) in [5.41, 5.74) is 0.996. The molecule has 0 saturated carbocycles. The van der Waals surface area contributed by atoms with Crippen LogP contribution in [0.5, 0.6) is 0 Å². The molecule has 134 valence electrons. The van der Waals surface area contributed by atoms with Crippen molar-refractivity contribution in [1.82, 2.24) is 14.7 Å². The molecule has 1 aromatic carbocycles. The Morgan fingerprint density at radius 2 is 1.52 bits per heavy atom. The summed E-state index contributed by atoms with van der Waals surface area (Å²) in [7, 11) is 2.07. The van der Waals surface area contributed by atoms with Crippen molar-refractivity contribution in [2.45, 2.75) is 25.7 Å². The number of amides is 3. The Kier molecular flexibility index (Phi) is 5.48. The minimum atomic E-state index is -0.200. The highest BCUT2D eigenvalue weighted by Crippen LogP contribution is 2.22. The van der Waals surface area contributed by atoms with Crippen molar-refractivity contribution in [3.8, 4) is 0 Å². The van der Waals surface area contributed by atoms with Crippen LogP contribution in [-0.2, 0) is 4.79 Å². The molecular formula is C19H25N3O3. The van der Waals surface area contributed by atoms with Gasteiger partial charge in [-0.25, -0.2) is 0 Å². The number of nitrogens with zero attached hydrogens (tertiary/aromatic N) is 3. The Bertz CT molecular complexity index is 631. The molecule has 3 amide bonds. The van der Waals surface area contributed by atoms with E-state index in [0.29, 0.717) is 24.1 Å². The summed E-state index contributed by atoms with van der Waals surface area (Å²) in [4.78, 5) is 42.2. The Labute approximate surface area is 148 Å². The topological polar surface area (TPSA) is 60.9 Å². The standard InChI is InChI=1S/C19H25N3O3/c1-20-11-13-21(14-12-20)17(23)9-3-2-6-10-22-18(24)15-7-4-5-8-16(15)19(22)25/h4-5,7-8H,2-3,6,9-14H2,1H3. The summed E-state index contributed by atoms with van der Waals surface area (Å²) in [6.07, 6.45) is 2.93. The van der Waals surface area contributed by atoms with E-state index in [1.54, 1.807) is 24.3 Å². The van der Waals surface area contributed by atoms with Crippen molar-refractivity contribution in [3.63, 3.8) is 0 Å². The van der Waals surface area contributed by atoms with E-state index in [4.69, 9.17) is 0 Å². The fourth-order valence-corrected chi connectivity index (χ4v) is 3.38. The van der Waals surface area contributed by atoms with Gasteiger partial charge < -0.3 is 9.80 Å². The average Bonchev–Trinajstić information content (AvgIpc) is 2.87. The first-order chi connectivity index (χ1) is 12.1. The van der Waals surface area contributed by atoms with Crippen LogP contribution < -0.4 is 0 Å². The van der Waals surface area contributed by atoms with Crippen molar-refractivity contribution in [1.29, 1.82) is 0 Å². The smallest absolute Gasteiger partial charge is 0.261 e. The number of hydrogen-bond acceptors (Lipinski definition) is 4. The minimum absolute atomic E-state index is 0.200. The first kappa shape index (κ1) is 17.6. The highest BCUT2D eigenvalue weighted by atomic mass is 16.2. The van der Waals surface area contributed by atoms with E-state index in [1.165, 1.54) is 4.90 Å². The molecule has 2 aliphatic heterocycles. The number of fused-ring (bicyclic) bond motifs is 1. The SMILES string of the molecule is CN1CCN(C(=O)CCCCCN2C(=O)c3ccccc3C2=O)CC1. The maximum absolute atomic E-state index is 12.3. The fourth-order valence-electron chi connectivity index (χ4n) is 3.38. The van der Waals surface area contributed by atoms with Crippen molar-refractivity contribution in [3.05, 3.63) is 35.4 Å². The molecule has 6 heteroatoms. The summed E-state index contributed by atoms with van der Waals surface area (Å²) < 4.78 is 0. The predicted molar refractivity (Wildman–Crippen MR) is 94.4 cm³/mol. The molecule has 2 heterocycles. The predicted octanol–water partition coefficient (Wildman–Crippen LogP) is 1.62. The first-order valence-electron chi connectivity index (χ1n) is 8.99. The van der Waals surface area contributed by atoms with E-state index in [9.17, 15) is 14.4 Å².